The second-order valence-corrected chi connectivity index (χ2v) is 6.36. The Kier molecular flexibility index (Phi) is 5.25. The number of hydrogen-bond acceptors (Lipinski definition) is 3. The molecule has 4 heteroatoms. The summed E-state index contributed by atoms with van der Waals surface area (Å²) in [4.78, 5) is 1.32. The fraction of sp³-hybridized carbons (Fsp3) is 0.667. The molecule has 2 nitrogen and oxygen atoms in total. The van der Waals surface area contributed by atoms with Gasteiger partial charge in [-0.25, -0.2) is 0 Å². The van der Waals surface area contributed by atoms with E-state index >= 15 is 0 Å². The zero-order valence-corrected chi connectivity index (χ0v) is 11.9. The minimum atomic E-state index is -0.0886. The zero-order valence-electron chi connectivity index (χ0n) is 10.3. The van der Waals surface area contributed by atoms with Gasteiger partial charge in [-0.05, 0) is 45.9 Å². The number of ether oxygens (including phenoxy) is 1. The molecule has 0 radical (unpaired) electrons. The van der Waals surface area contributed by atoms with Gasteiger partial charge in [-0.1, -0.05) is 11.6 Å². The number of nitrogens with one attached hydrogen (secondary N) is 1. The Morgan fingerprint density at radius 2 is 2.19 bits per heavy atom. The lowest BCUT2D eigenvalue weighted by Gasteiger charge is -2.28. The largest absolute Gasteiger partial charge is 0.379 e. The third-order valence-corrected chi connectivity index (χ3v) is 4.03. The highest BCUT2D eigenvalue weighted by Crippen LogP contribution is 2.25. The van der Waals surface area contributed by atoms with Crippen LogP contribution in [0.1, 0.15) is 25.1 Å². The lowest BCUT2D eigenvalue weighted by atomic mass is 9.96. The Morgan fingerprint density at radius 3 is 2.62 bits per heavy atom. The first-order valence-electron chi connectivity index (χ1n) is 5.43. The Hall–Kier alpha value is -0.0900. The number of halogens is 1. The SMILES string of the molecule is CNC(Cc1ccc(Cl)s1)CC(C)(C)OC. The number of rotatable bonds is 6. The molecule has 1 aromatic rings. The van der Waals surface area contributed by atoms with Crippen molar-refractivity contribution in [3.05, 3.63) is 21.3 Å². The standard InChI is InChI=1S/C12H20ClNOS/c1-12(2,15-4)8-9(14-3)7-10-5-6-11(13)16-10/h5-6,9,14H,7-8H2,1-4H3. The Bertz CT molecular complexity index is 325. The molecule has 0 bridgehead atoms. The van der Waals surface area contributed by atoms with E-state index in [9.17, 15) is 0 Å². The molecule has 0 spiro atoms. The topological polar surface area (TPSA) is 21.3 Å². The molecular formula is C12H20ClNOS. The van der Waals surface area contributed by atoms with Gasteiger partial charge in [0.15, 0.2) is 0 Å². The first kappa shape index (κ1) is 14.0. The van der Waals surface area contributed by atoms with Crippen molar-refractivity contribution >= 4 is 22.9 Å². The molecule has 1 atom stereocenters. The summed E-state index contributed by atoms with van der Waals surface area (Å²) in [7, 11) is 3.75. The molecule has 1 aromatic heterocycles. The maximum Gasteiger partial charge on any atom is 0.0931 e. The van der Waals surface area contributed by atoms with E-state index in [2.05, 4.69) is 25.2 Å². The summed E-state index contributed by atoms with van der Waals surface area (Å²) < 4.78 is 6.31. The van der Waals surface area contributed by atoms with Crippen molar-refractivity contribution in [1.29, 1.82) is 0 Å². The van der Waals surface area contributed by atoms with Gasteiger partial charge < -0.3 is 10.1 Å². The van der Waals surface area contributed by atoms with Gasteiger partial charge in [0.05, 0.1) is 9.94 Å². The van der Waals surface area contributed by atoms with Crippen LogP contribution in [0.4, 0.5) is 0 Å². The van der Waals surface area contributed by atoms with Gasteiger partial charge in [0, 0.05) is 18.0 Å². The van der Waals surface area contributed by atoms with Crippen molar-refractivity contribution in [2.45, 2.75) is 38.3 Å². The van der Waals surface area contributed by atoms with Crippen LogP contribution in [0.2, 0.25) is 4.34 Å². The minimum absolute atomic E-state index is 0.0886. The fourth-order valence-corrected chi connectivity index (χ4v) is 2.82. The summed E-state index contributed by atoms with van der Waals surface area (Å²) in [5.41, 5.74) is -0.0886. The Morgan fingerprint density at radius 1 is 1.50 bits per heavy atom. The second-order valence-electron chi connectivity index (χ2n) is 4.56. The molecule has 0 aromatic carbocycles. The zero-order chi connectivity index (χ0) is 12.2. The van der Waals surface area contributed by atoms with Crippen LogP contribution in [-0.2, 0) is 11.2 Å². The van der Waals surface area contributed by atoms with Gasteiger partial charge in [-0.2, -0.15) is 0 Å². The van der Waals surface area contributed by atoms with E-state index < -0.39 is 0 Å². The average molecular weight is 262 g/mol. The maximum atomic E-state index is 5.92. The summed E-state index contributed by atoms with van der Waals surface area (Å²) in [6.45, 7) is 4.22. The lowest BCUT2D eigenvalue weighted by molar-refractivity contribution is 0.00778. The van der Waals surface area contributed by atoms with E-state index in [1.807, 2.05) is 13.1 Å². The molecular weight excluding hydrogens is 242 g/mol. The number of methoxy groups -OCH3 is 1. The normalized spacial score (nSPS) is 14.1. The van der Waals surface area contributed by atoms with Crippen molar-refractivity contribution in [3.8, 4) is 0 Å². The molecule has 0 saturated heterocycles. The van der Waals surface area contributed by atoms with E-state index in [0.717, 1.165) is 17.2 Å². The van der Waals surface area contributed by atoms with E-state index in [1.54, 1.807) is 18.4 Å². The third-order valence-electron chi connectivity index (χ3n) is 2.78. The van der Waals surface area contributed by atoms with Gasteiger partial charge in [-0.3, -0.25) is 0 Å². The van der Waals surface area contributed by atoms with Crippen LogP contribution in [0.25, 0.3) is 0 Å². The Labute approximate surface area is 107 Å². The van der Waals surface area contributed by atoms with Gasteiger partial charge >= 0.3 is 0 Å². The molecule has 0 aliphatic rings. The van der Waals surface area contributed by atoms with Crippen LogP contribution in [0, 0.1) is 0 Å². The molecule has 0 aliphatic heterocycles. The predicted molar refractivity (Wildman–Crippen MR) is 71.6 cm³/mol. The van der Waals surface area contributed by atoms with Gasteiger partial charge in [0.25, 0.3) is 0 Å². The number of thiophene rings is 1. The molecule has 16 heavy (non-hydrogen) atoms. The van der Waals surface area contributed by atoms with Gasteiger partial charge in [0.2, 0.25) is 0 Å². The lowest BCUT2D eigenvalue weighted by Crippen LogP contribution is -2.37. The highest BCUT2D eigenvalue weighted by Gasteiger charge is 2.22. The van der Waals surface area contributed by atoms with Crippen LogP contribution < -0.4 is 5.32 Å². The highest BCUT2D eigenvalue weighted by atomic mass is 35.5. The number of likely N-dealkylation sites (N-methyl/N-ethyl adjacent to an activating group) is 1. The van der Waals surface area contributed by atoms with E-state index in [0.29, 0.717) is 6.04 Å². The maximum absolute atomic E-state index is 5.92. The summed E-state index contributed by atoms with van der Waals surface area (Å²) in [5.74, 6) is 0. The fourth-order valence-electron chi connectivity index (χ4n) is 1.66. The molecule has 0 aliphatic carbocycles. The van der Waals surface area contributed by atoms with Crippen LogP contribution >= 0.6 is 22.9 Å². The van der Waals surface area contributed by atoms with Crippen molar-refractivity contribution < 1.29 is 4.74 Å². The third kappa shape index (κ3) is 4.42. The van der Waals surface area contributed by atoms with Crippen LogP contribution in [0.15, 0.2) is 12.1 Å². The van der Waals surface area contributed by atoms with Crippen molar-refractivity contribution in [3.63, 3.8) is 0 Å². The highest BCUT2D eigenvalue weighted by molar-refractivity contribution is 7.16. The van der Waals surface area contributed by atoms with Crippen LogP contribution in [0.3, 0.4) is 0 Å². The van der Waals surface area contributed by atoms with E-state index in [-0.39, 0.29) is 5.60 Å². The van der Waals surface area contributed by atoms with Crippen molar-refractivity contribution in [1.82, 2.24) is 5.32 Å². The second kappa shape index (κ2) is 6.01. The van der Waals surface area contributed by atoms with Crippen LogP contribution in [0.5, 0.6) is 0 Å². The molecule has 0 fully saturated rings. The first-order chi connectivity index (χ1) is 7.46. The summed E-state index contributed by atoms with van der Waals surface area (Å²) in [6, 6.07) is 4.47. The minimum Gasteiger partial charge on any atom is -0.379 e. The summed E-state index contributed by atoms with van der Waals surface area (Å²) in [5, 5.41) is 3.33. The smallest absolute Gasteiger partial charge is 0.0931 e. The summed E-state index contributed by atoms with van der Waals surface area (Å²) in [6.07, 6.45) is 1.98. The summed E-state index contributed by atoms with van der Waals surface area (Å²) >= 11 is 7.57. The molecule has 1 N–H and O–H groups in total. The average Bonchev–Trinajstić information content (AvgIpc) is 2.63. The molecule has 1 rings (SSSR count). The monoisotopic (exact) mass is 261 g/mol. The predicted octanol–water partition coefficient (Wildman–Crippen LogP) is 3.35. The van der Waals surface area contributed by atoms with E-state index in [4.69, 9.17) is 16.3 Å². The van der Waals surface area contributed by atoms with Crippen molar-refractivity contribution in [2.75, 3.05) is 14.2 Å². The molecule has 0 amide bonds. The molecule has 0 saturated carbocycles. The molecule has 92 valence electrons. The van der Waals surface area contributed by atoms with Gasteiger partial charge in [0.1, 0.15) is 0 Å². The first-order valence-corrected chi connectivity index (χ1v) is 6.63. The Balaban J connectivity index is 2.55. The van der Waals surface area contributed by atoms with Gasteiger partial charge in [-0.15, -0.1) is 11.3 Å². The quantitative estimate of drug-likeness (QED) is 0.848. The van der Waals surface area contributed by atoms with Crippen LogP contribution in [-0.4, -0.2) is 25.8 Å². The van der Waals surface area contributed by atoms with Crippen molar-refractivity contribution in [2.24, 2.45) is 0 Å². The number of hydrogen-bond donors (Lipinski definition) is 1. The molecule has 1 heterocycles. The van der Waals surface area contributed by atoms with E-state index in [1.165, 1.54) is 4.88 Å². The molecule has 1 unspecified atom stereocenters.